The number of benzene rings is 1. The number of hydrogen-bond donors (Lipinski definition) is 0. The van der Waals surface area contributed by atoms with Crippen molar-refractivity contribution in [3.63, 3.8) is 0 Å². The third-order valence-corrected chi connectivity index (χ3v) is 4.78. The highest BCUT2D eigenvalue weighted by Gasteiger charge is 2.36. The quantitative estimate of drug-likeness (QED) is 0.436. The Morgan fingerprint density at radius 1 is 1.00 bits per heavy atom. The van der Waals surface area contributed by atoms with Crippen LogP contribution in [0, 0.1) is 0 Å². The zero-order valence-electron chi connectivity index (χ0n) is 13.2. The zero-order chi connectivity index (χ0) is 16.4. The van der Waals surface area contributed by atoms with Crippen LogP contribution in [0.3, 0.4) is 0 Å². The van der Waals surface area contributed by atoms with E-state index < -0.39 is 0 Å². The molecule has 0 N–H and O–H groups in total. The Bertz CT molecular complexity index is 1270. The van der Waals surface area contributed by atoms with Gasteiger partial charge in [0, 0.05) is 18.6 Å². The largest absolute Gasteiger partial charge is 0.324 e. The van der Waals surface area contributed by atoms with Crippen LogP contribution in [0.4, 0.5) is 0 Å². The van der Waals surface area contributed by atoms with Gasteiger partial charge >= 0.3 is 5.65 Å². The first kappa shape index (κ1) is 12.8. The first-order chi connectivity index (χ1) is 12.4. The Balaban J connectivity index is 1.84. The molecule has 118 valence electrons. The van der Waals surface area contributed by atoms with E-state index in [-0.39, 0.29) is 0 Å². The molecule has 6 nitrogen and oxygen atoms in total. The molecule has 5 aromatic rings. The van der Waals surface area contributed by atoms with Crippen LogP contribution >= 0.6 is 0 Å². The minimum atomic E-state index is 0.735. The van der Waals surface area contributed by atoms with E-state index >= 15 is 0 Å². The van der Waals surface area contributed by atoms with E-state index in [9.17, 15) is 0 Å². The maximum Gasteiger partial charge on any atom is 0.324 e. The molecular weight excluding hydrogens is 312 g/mol. The van der Waals surface area contributed by atoms with E-state index in [0.29, 0.717) is 0 Å². The number of imidazole rings is 2. The molecular formula is C19H13N6+. The first-order valence-electron chi connectivity index (χ1n) is 8.18. The number of para-hydroxylation sites is 1. The minimum Gasteiger partial charge on any atom is -0.258 e. The molecule has 1 aliphatic heterocycles. The molecule has 1 aromatic carbocycles. The average molecular weight is 325 g/mol. The molecule has 0 saturated heterocycles. The van der Waals surface area contributed by atoms with Gasteiger partial charge in [-0.1, -0.05) is 23.2 Å². The standard InChI is InChI=1S/C19H13N6/c1-2-5-13(6-3-1)25-18-14-7-4-8-21-15(14)12-24(18)17-19(25)23-10-9-20-11-16(23)22-17/h1-11H,12H2/q+1. The number of nitrogens with zero attached hydrogens (tertiary/aromatic N) is 6. The molecule has 25 heavy (non-hydrogen) atoms. The second-order valence-electron chi connectivity index (χ2n) is 6.14. The number of fused-ring (bicyclic) bond motifs is 7. The summed E-state index contributed by atoms with van der Waals surface area (Å²) in [5.74, 6) is 1.12. The summed E-state index contributed by atoms with van der Waals surface area (Å²) in [7, 11) is 0. The van der Waals surface area contributed by atoms with Gasteiger partial charge in [0.15, 0.2) is 0 Å². The van der Waals surface area contributed by atoms with E-state index in [1.807, 2.05) is 24.5 Å². The van der Waals surface area contributed by atoms with Crippen molar-refractivity contribution in [3.8, 4) is 17.1 Å². The van der Waals surface area contributed by atoms with E-state index in [2.05, 4.69) is 53.8 Å². The van der Waals surface area contributed by atoms with E-state index in [4.69, 9.17) is 4.98 Å². The van der Waals surface area contributed by atoms with Gasteiger partial charge in [-0.25, -0.2) is 9.13 Å². The lowest BCUT2D eigenvalue weighted by atomic mass is 10.2. The number of aromatic nitrogens is 6. The van der Waals surface area contributed by atoms with Crippen molar-refractivity contribution in [2.24, 2.45) is 0 Å². The molecule has 0 saturated carbocycles. The topological polar surface area (TPSA) is 51.9 Å². The summed E-state index contributed by atoms with van der Waals surface area (Å²) in [6.07, 6.45) is 7.40. The van der Waals surface area contributed by atoms with Crippen LogP contribution in [0.25, 0.3) is 34.0 Å². The van der Waals surface area contributed by atoms with Crippen LogP contribution in [0.5, 0.6) is 0 Å². The summed E-state index contributed by atoms with van der Waals surface area (Å²) < 4.78 is 6.60. The highest BCUT2D eigenvalue weighted by Crippen LogP contribution is 2.32. The van der Waals surface area contributed by atoms with Gasteiger partial charge in [-0.2, -0.15) is 0 Å². The zero-order valence-corrected chi connectivity index (χ0v) is 13.2. The van der Waals surface area contributed by atoms with Gasteiger partial charge in [0.1, 0.15) is 12.2 Å². The molecule has 5 heterocycles. The summed E-state index contributed by atoms with van der Waals surface area (Å²) in [4.78, 5) is 13.6. The summed E-state index contributed by atoms with van der Waals surface area (Å²) in [5, 5.41) is 0. The summed E-state index contributed by atoms with van der Waals surface area (Å²) in [5.41, 5.74) is 6.19. The minimum absolute atomic E-state index is 0.735. The van der Waals surface area contributed by atoms with E-state index in [1.54, 1.807) is 12.4 Å². The highest BCUT2D eigenvalue weighted by molar-refractivity contribution is 5.79. The maximum atomic E-state index is 4.83. The fourth-order valence-corrected chi connectivity index (χ4v) is 3.75. The Kier molecular flexibility index (Phi) is 2.31. The van der Waals surface area contributed by atoms with Crippen LogP contribution in [0.1, 0.15) is 5.69 Å². The molecule has 1 aliphatic rings. The van der Waals surface area contributed by atoms with Gasteiger partial charge in [-0.15, -0.1) is 0 Å². The SMILES string of the molecule is c1ccc(-n2c3[n+](c4nc5cnccn5c42)Cc2ncccc2-3)cc1. The van der Waals surface area contributed by atoms with Gasteiger partial charge in [-0.3, -0.25) is 14.4 Å². The molecule has 0 aliphatic carbocycles. The summed E-state index contributed by atoms with van der Waals surface area (Å²) in [6, 6.07) is 14.5. The second-order valence-corrected chi connectivity index (χ2v) is 6.14. The van der Waals surface area contributed by atoms with Crippen molar-refractivity contribution in [1.82, 2.24) is 23.9 Å². The van der Waals surface area contributed by atoms with Crippen LogP contribution in [-0.4, -0.2) is 23.9 Å². The smallest absolute Gasteiger partial charge is 0.258 e. The Morgan fingerprint density at radius 3 is 2.84 bits per heavy atom. The van der Waals surface area contributed by atoms with Crippen LogP contribution in [-0.2, 0) is 6.54 Å². The number of pyridine rings is 1. The van der Waals surface area contributed by atoms with Gasteiger partial charge < -0.3 is 0 Å². The predicted octanol–water partition coefficient (Wildman–Crippen LogP) is 2.38. The van der Waals surface area contributed by atoms with Crippen molar-refractivity contribution in [3.05, 3.63) is 72.9 Å². The third-order valence-electron chi connectivity index (χ3n) is 4.78. The molecule has 0 atom stereocenters. The van der Waals surface area contributed by atoms with E-state index in [1.165, 1.54) is 0 Å². The maximum absolute atomic E-state index is 4.83. The molecule has 0 spiro atoms. The van der Waals surface area contributed by atoms with Crippen molar-refractivity contribution >= 4 is 16.9 Å². The monoisotopic (exact) mass is 325 g/mol. The summed E-state index contributed by atoms with van der Waals surface area (Å²) >= 11 is 0. The second kappa shape index (κ2) is 4.51. The van der Waals surface area contributed by atoms with Gasteiger partial charge in [-0.05, 0) is 24.3 Å². The molecule has 0 fully saturated rings. The summed E-state index contributed by atoms with van der Waals surface area (Å²) in [6.45, 7) is 0.735. The molecule has 0 amide bonds. The van der Waals surface area contributed by atoms with Gasteiger partial charge in [0.05, 0.1) is 17.5 Å². The first-order valence-corrected chi connectivity index (χ1v) is 8.18. The van der Waals surface area contributed by atoms with Gasteiger partial charge in [0.2, 0.25) is 11.5 Å². The number of hydrogen-bond acceptors (Lipinski definition) is 3. The van der Waals surface area contributed by atoms with Crippen LogP contribution in [0.15, 0.2) is 67.3 Å². The Labute approximate surface area is 142 Å². The number of rotatable bonds is 1. The predicted molar refractivity (Wildman–Crippen MR) is 92.3 cm³/mol. The van der Waals surface area contributed by atoms with Crippen LogP contribution < -0.4 is 4.57 Å². The molecule has 0 bridgehead atoms. The lowest BCUT2D eigenvalue weighted by Gasteiger charge is -2.04. The Hall–Kier alpha value is -3.54. The normalized spacial score (nSPS) is 12.6. The molecule has 6 rings (SSSR count). The van der Waals surface area contributed by atoms with E-state index in [0.717, 1.165) is 46.3 Å². The average Bonchev–Trinajstić information content (AvgIpc) is 3.30. The van der Waals surface area contributed by atoms with Crippen molar-refractivity contribution in [2.75, 3.05) is 0 Å². The fourth-order valence-electron chi connectivity index (χ4n) is 3.75. The highest BCUT2D eigenvalue weighted by atomic mass is 15.3. The van der Waals surface area contributed by atoms with Crippen molar-refractivity contribution in [2.45, 2.75) is 6.54 Å². The lowest BCUT2D eigenvalue weighted by Crippen LogP contribution is -2.32. The van der Waals surface area contributed by atoms with Gasteiger partial charge in [0.25, 0.3) is 5.65 Å². The third kappa shape index (κ3) is 1.58. The molecule has 6 heteroatoms. The fraction of sp³-hybridized carbons (Fsp3) is 0.0526. The molecule has 0 radical (unpaired) electrons. The molecule has 4 aromatic heterocycles. The molecule has 0 unspecified atom stereocenters. The van der Waals surface area contributed by atoms with Crippen molar-refractivity contribution in [1.29, 1.82) is 0 Å². The Morgan fingerprint density at radius 2 is 1.92 bits per heavy atom. The van der Waals surface area contributed by atoms with Crippen molar-refractivity contribution < 1.29 is 4.57 Å². The van der Waals surface area contributed by atoms with Crippen LogP contribution in [0.2, 0.25) is 0 Å². The lowest BCUT2D eigenvalue weighted by molar-refractivity contribution is -0.648.